The predicted octanol–water partition coefficient (Wildman–Crippen LogP) is 3.13. The van der Waals surface area contributed by atoms with Gasteiger partial charge in [0.25, 0.3) is 0 Å². The smallest absolute Gasteiger partial charge is 0.209 e. The lowest BCUT2D eigenvalue weighted by Crippen LogP contribution is -2.35. The minimum absolute atomic E-state index is 0.0302. The Morgan fingerprint density at radius 3 is 2.42 bits per heavy atom. The van der Waals surface area contributed by atoms with E-state index in [1.54, 1.807) is 0 Å². The summed E-state index contributed by atoms with van der Waals surface area (Å²) in [6.07, 6.45) is 0. The maximum Gasteiger partial charge on any atom is 0.209 e. The van der Waals surface area contributed by atoms with Crippen molar-refractivity contribution in [2.45, 2.75) is 32.9 Å². The molecule has 0 bridgehead atoms. The molecule has 3 heteroatoms. The van der Waals surface area contributed by atoms with Crippen LogP contribution in [0, 0.1) is 0 Å². The Bertz CT molecular complexity index is 550. The van der Waals surface area contributed by atoms with Crippen molar-refractivity contribution >= 4 is 5.78 Å². The topological polar surface area (TPSA) is 44.9 Å². The van der Waals surface area contributed by atoms with E-state index in [0.717, 1.165) is 12.2 Å². The van der Waals surface area contributed by atoms with Crippen LogP contribution in [0.25, 0.3) is 0 Å². The third-order valence-electron chi connectivity index (χ3n) is 2.84. The van der Waals surface area contributed by atoms with Crippen molar-refractivity contribution in [3.8, 4) is 0 Å². The molecule has 0 aliphatic heterocycles. The van der Waals surface area contributed by atoms with Gasteiger partial charge in [-0.15, -0.1) is 0 Å². The van der Waals surface area contributed by atoms with Gasteiger partial charge < -0.3 is 10.3 Å². The zero-order valence-corrected chi connectivity index (χ0v) is 11.7. The summed E-state index contributed by atoms with van der Waals surface area (Å²) in [6, 6.07) is 13.1. The lowest BCUT2D eigenvalue weighted by atomic mass is 10.1. The molecule has 3 nitrogen and oxygen atoms in total. The van der Waals surface area contributed by atoms with Crippen LogP contribution < -0.4 is 5.32 Å². The SMILES string of the molecule is CC(C)(C)NCc1ccc(C(=O)c2ccccc2)[nH]1. The Morgan fingerprint density at radius 2 is 1.79 bits per heavy atom. The molecule has 0 spiro atoms. The summed E-state index contributed by atoms with van der Waals surface area (Å²) in [4.78, 5) is 15.4. The largest absolute Gasteiger partial charge is 0.355 e. The zero-order valence-electron chi connectivity index (χ0n) is 11.7. The summed E-state index contributed by atoms with van der Waals surface area (Å²) in [5, 5.41) is 3.39. The summed E-state index contributed by atoms with van der Waals surface area (Å²) in [7, 11) is 0. The molecular weight excluding hydrogens is 236 g/mol. The third-order valence-corrected chi connectivity index (χ3v) is 2.84. The highest BCUT2D eigenvalue weighted by atomic mass is 16.1. The number of hydrogen-bond donors (Lipinski definition) is 2. The number of nitrogens with one attached hydrogen (secondary N) is 2. The van der Waals surface area contributed by atoms with Gasteiger partial charge in [0.2, 0.25) is 5.78 Å². The molecule has 0 atom stereocenters. The van der Waals surface area contributed by atoms with Gasteiger partial charge in [0.1, 0.15) is 0 Å². The highest BCUT2D eigenvalue weighted by Gasteiger charge is 2.12. The van der Waals surface area contributed by atoms with Crippen LogP contribution in [-0.2, 0) is 6.54 Å². The van der Waals surface area contributed by atoms with Gasteiger partial charge >= 0.3 is 0 Å². The molecule has 1 aromatic heterocycles. The van der Waals surface area contributed by atoms with Crippen molar-refractivity contribution in [1.82, 2.24) is 10.3 Å². The van der Waals surface area contributed by atoms with Gasteiger partial charge in [-0.2, -0.15) is 0 Å². The normalized spacial score (nSPS) is 11.5. The molecule has 100 valence electrons. The fourth-order valence-corrected chi connectivity index (χ4v) is 1.78. The zero-order chi connectivity index (χ0) is 13.9. The summed E-state index contributed by atoms with van der Waals surface area (Å²) in [6.45, 7) is 7.08. The molecule has 1 heterocycles. The van der Waals surface area contributed by atoms with Crippen LogP contribution in [0.4, 0.5) is 0 Å². The van der Waals surface area contributed by atoms with Crippen molar-refractivity contribution in [2.75, 3.05) is 0 Å². The average Bonchev–Trinajstić information content (AvgIpc) is 2.84. The lowest BCUT2D eigenvalue weighted by Gasteiger charge is -2.19. The molecule has 0 unspecified atom stereocenters. The Labute approximate surface area is 114 Å². The van der Waals surface area contributed by atoms with Gasteiger partial charge in [0.15, 0.2) is 0 Å². The molecule has 19 heavy (non-hydrogen) atoms. The van der Waals surface area contributed by atoms with Gasteiger partial charge in [-0.05, 0) is 32.9 Å². The number of benzene rings is 1. The van der Waals surface area contributed by atoms with Crippen molar-refractivity contribution in [3.05, 3.63) is 59.4 Å². The second-order valence-electron chi connectivity index (χ2n) is 5.70. The van der Waals surface area contributed by atoms with Gasteiger partial charge in [0, 0.05) is 23.3 Å². The van der Waals surface area contributed by atoms with E-state index >= 15 is 0 Å². The minimum Gasteiger partial charge on any atom is -0.355 e. The Balaban J connectivity index is 2.07. The first kappa shape index (κ1) is 13.6. The second-order valence-corrected chi connectivity index (χ2v) is 5.70. The third kappa shape index (κ3) is 3.80. The van der Waals surface area contributed by atoms with E-state index in [1.807, 2.05) is 42.5 Å². The van der Waals surface area contributed by atoms with Crippen LogP contribution in [-0.4, -0.2) is 16.3 Å². The Kier molecular flexibility index (Phi) is 3.86. The fraction of sp³-hybridized carbons (Fsp3) is 0.312. The van der Waals surface area contributed by atoms with Crippen molar-refractivity contribution in [3.63, 3.8) is 0 Å². The van der Waals surface area contributed by atoms with Gasteiger partial charge in [-0.3, -0.25) is 4.79 Å². The molecule has 0 saturated heterocycles. The summed E-state index contributed by atoms with van der Waals surface area (Å²) >= 11 is 0. The molecule has 2 rings (SSSR count). The van der Waals surface area contributed by atoms with Crippen molar-refractivity contribution in [1.29, 1.82) is 0 Å². The number of aromatic amines is 1. The fourth-order valence-electron chi connectivity index (χ4n) is 1.78. The van der Waals surface area contributed by atoms with Crippen molar-refractivity contribution < 1.29 is 4.79 Å². The monoisotopic (exact) mass is 256 g/mol. The van der Waals surface area contributed by atoms with Crippen LogP contribution >= 0.6 is 0 Å². The van der Waals surface area contributed by atoms with Crippen LogP contribution in [0.3, 0.4) is 0 Å². The van der Waals surface area contributed by atoms with E-state index in [4.69, 9.17) is 0 Å². The van der Waals surface area contributed by atoms with E-state index in [1.165, 1.54) is 0 Å². The molecule has 1 aromatic carbocycles. The standard InChI is InChI=1S/C16H20N2O/c1-16(2,3)17-11-13-9-10-14(18-13)15(19)12-7-5-4-6-8-12/h4-10,17-18H,11H2,1-3H3. The first-order valence-electron chi connectivity index (χ1n) is 6.48. The molecule has 2 aromatic rings. The molecule has 2 N–H and O–H groups in total. The molecular formula is C16H20N2O. The maximum atomic E-state index is 12.2. The quantitative estimate of drug-likeness (QED) is 0.825. The van der Waals surface area contributed by atoms with Crippen LogP contribution in [0.1, 0.15) is 42.5 Å². The summed E-state index contributed by atoms with van der Waals surface area (Å²) in [5.41, 5.74) is 2.43. The minimum atomic E-state index is 0.0302. The van der Waals surface area contributed by atoms with Gasteiger partial charge in [-0.25, -0.2) is 0 Å². The summed E-state index contributed by atoms with van der Waals surface area (Å²) in [5.74, 6) is 0.0302. The van der Waals surface area contributed by atoms with Crippen LogP contribution in [0.5, 0.6) is 0 Å². The molecule has 0 saturated carbocycles. The molecule has 0 radical (unpaired) electrons. The van der Waals surface area contributed by atoms with E-state index in [-0.39, 0.29) is 11.3 Å². The van der Waals surface area contributed by atoms with E-state index in [2.05, 4.69) is 31.1 Å². The number of aromatic nitrogens is 1. The number of ketones is 1. The number of H-pyrrole nitrogens is 1. The molecule has 0 aliphatic carbocycles. The number of rotatable bonds is 4. The van der Waals surface area contributed by atoms with Gasteiger partial charge in [0.05, 0.1) is 5.69 Å². The highest BCUT2D eigenvalue weighted by molar-refractivity contribution is 6.07. The van der Waals surface area contributed by atoms with Gasteiger partial charge in [-0.1, -0.05) is 30.3 Å². The van der Waals surface area contributed by atoms with Crippen LogP contribution in [0.2, 0.25) is 0 Å². The number of carbonyl (C=O) groups excluding carboxylic acids is 1. The first-order valence-corrected chi connectivity index (χ1v) is 6.48. The Hall–Kier alpha value is -1.87. The summed E-state index contributed by atoms with van der Waals surface area (Å²) < 4.78 is 0. The predicted molar refractivity (Wildman–Crippen MR) is 77.3 cm³/mol. The number of hydrogen-bond acceptors (Lipinski definition) is 2. The van der Waals surface area contributed by atoms with Crippen molar-refractivity contribution in [2.24, 2.45) is 0 Å². The molecule has 0 fully saturated rings. The van der Waals surface area contributed by atoms with E-state index in [9.17, 15) is 4.79 Å². The second kappa shape index (κ2) is 5.41. The molecule has 0 amide bonds. The van der Waals surface area contributed by atoms with Crippen LogP contribution in [0.15, 0.2) is 42.5 Å². The lowest BCUT2D eigenvalue weighted by molar-refractivity contribution is 0.103. The Morgan fingerprint density at radius 1 is 1.11 bits per heavy atom. The highest BCUT2D eigenvalue weighted by Crippen LogP contribution is 2.10. The van der Waals surface area contributed by atoms with E-state index < -0.39 is 0 Å². The van der Waals surface area contributed by atoms with E-state index in [0.29, 0.717) is 11.3 Å². The maximum absolute atomic E-state index is 12.2. The molecule has 0 aliphatic rings. The first-order chi connectivity index (χ1) is 8.96. The average molecular weight is 256 g/mol. The number of carbonyl (C=O) groups is 1.